The van der Waals surface area contributed by atoms with Crippen molar-refractivity contribution in [2.24, 2.45) is 5.73 Å². The van der Waals surface area contributed by atoms with E-state index in [2.05, 4.69) is 6.92 Å². The van der Waals surface area contributed by atoms with E-state index in [4.69, 9.17) is 18.0 Å². The molecule has 0 bridgehead atoms. The molecule has 0 spiro atoms. The molecule has 0 aliphatic carbocycles. The summed E-state index contributed by atoms with van der Waals surface area (Å²) in [6, 6.07) is 0. The Bertz CT molecular complexity index is 131. The SMILES string of the molecule is CCCCCCCCCSC(N)=S.[Zn]. The van der Waals surface area contributed by atoms with Crippen molar-refractivity contribution in [2.75, 3.05) is 5.75 Å². The maximum absolute atomic E-state index is 5.37. The van der Waals surface area contributed by atoms with E-state index in [0.29, 0.717) is 4.32 Å². The van der Waals surface area contributed by atoms with E-state index in [1.165, 1.54) is 44.9 Å². The maximum Gasteiger partial charge on any atom is 0.131 e. The van der Waals surface area contributed by atoms with Crippen LogP contribution in [-0.2, 0) is 19.5 Å². The Morgan fingerprint density at radius 3 is 2.07 bits per heavy atom. The predicted octanol–water partition coefficient (Wildman–Crippen LogP) is 3.71. The van der Waals surface area contributed by atoms with E-state index < -0.39 is 0 Å². The van der Waals surface area contributed by atoms with Crippen molar-refractivity contribution in [3.05, 3.63) is 0 Å². The molecule has 4 heteroatoms. The number of hydrogen-bond donors (Lipinski definition) is 1. The van der Waals surface area contributed by atoms with Gasteiger partial charge in [0.15, 0.2) is 0 Å². The zero-order valence-electron chi connectivity index (χ0n) is 9.26. The standard InChI is InChI=1S/C10H21NS2.Zn/c1-2-3-4-5-6-7-8-9-13-10(11)12;/h2-9H2,1H3,(H2,11,12);. The molecule has 1 nitrogen and oxygen atoms in total. The maximum atomic E-state index is 5.37. The summed E-state index contributed by atoms with van der Waals surface area (Å²) in [5.74, 6) is 1.10. The first kappa shape index (κ1) is 17.3. The minimum Gasteiger partial charge on any atom is -0.385 e. The fourth-order valence-electron chi connectivity index (χ4n) is 1.23. The molecule has 80 valence electrons. The second-order valence-corrected chi connectivity index (χ2v) is 5.12. The van der Waals surface area contributed by atoms with Crippen LogP contribution in [-0.4, -0.2) is 10.1 Å². The molecule has 0 aliphatic heterocycles. The first-order chi connectivity index (χ1) is 6.27. The summed E-state index contributed by atoms with van der Waals surface area (Å²) in [6.07, 6.45) is 9.48. The monoisotopic (exact) mass is 283 g/mol. The van der Waals surface area contributed by atoms with Crippen molar-refractivity contribution in [3.8, 4) is 0 Å². The number of hydrogen-bond acceptors (Lipinski definition) is 2. The van der Waals surface area contributed by atoms with Gasteiger partial charge in [-0.3, -0.25) is 0 Å². The molecular formula is C10H21NS2Zn. The fraction of sp³-hybridized carbons (Fsp3) is 0.900. The van der Waals surface area contributed by atoms with Crippen LogP contribution in [0.25, 0.3) is 0 Å². The summed E-state index contributed by atoms with van der Waals surface area (Å²) in [6.45, 7) is 2.25. The van der Waals surface area contributed by atoms with Crippen molar-refractivity contribution >= 4 is 28.3 Å². The Kier molecular flexibility index (Phi) is 17.1. The summed E-state index contributed by atoms with van der Waals surface area (Å²) in [7, 11) is 0. The minimum atomic E-state index is 0. The van der Waals surface area contributed by atoms with Crippen LogP contribution in [0.5, 0.6) is 0 Å². The van der Waals surface area contributed by atoms with Crippen LogP contribution in [0.1, 0.15) is 51.9 Å². The Hall–Kier alpha value is 0.863. The van der Waals surface area contributed by atoms with E-state index in [-0.39, 0.29) is 19.5 Å². The molecule has 0 aromatic carbocycles. The molecule has 2 N–H and O–H groups in total. The average Bonchev–Trinajstić information content (AvgIpc) is 2.09. The van der Waals surface area contributed by atoms with Crippen molar-refractivity contribution in [3.63, 3.8) is 0 Å². The smallest absolute Gasteiger partial charge is 0.131 e. The van der Waals surface area contributed by atoms with Gasteiger partial charge in [0.2, 0.25) is 0 Å². The normalized spacial score (nSPS) is 9.50. The van der Waals surface area contributed by atoms with Gasteiger partial charge in [-0.1, -0.05) is 69.4 Å². The minimum absolute atomic E-state index is 0. The van der Waals surface area contributed by atoms with Crippen LogP contribution < -0.4 is 5.73 Å². The van der Waals surface area contributed by atoms with E-state index in [0.717, 1.165) is 5.75 Å². The van der Waals surface area contributed by atoms with Gasteiger partial charge in [0.1, 0.15) is 4.32 Å². The van der Waals surface area contributed by atoms with Gasteiger partial charge in [0.25, 0.3) is 0 Å². The van der Waals surface area contributed by atoms with E-state index in [1.807, 2.05) is 0 Å². The van der Waals surface area contributed by atoms with Gasteiger partial charge in [-0.05, 0) is 6.42 Å². The molecule has 0 rings (SSSR count). The molecule has 0 fully saturated rings. The van der Waals surface area contributed by atoms with E-state index in [9.17, 15) is 0 Å². The van der Waals surface area contributed by atoms with Gasteiger partial charge in [-0.15, -0.1) is 0 Å². The van der Waals surface area contributed by atoms with Crippen LogP contribution in [0, 0.1) is 0 Å². The van der Waals surface area contributed by atoms with Crippen LogP contribution in [0.2, 0.25) is 0 Å². The summed E-state index contributed by atoms with van der Waals surface area (Å²) in [4.78, 5) is 0. The van der Waals surface area contributed by atoms with Crippen LogP contribution >= 0.6 is 24.0 Å². The number of rotatable bonds is 8. The molecule has 14 heavy (non-hydrogen) atoms. The summed E-state index contributed by atoms with van der Waals surface area (Å²) < 4.78 is 0.589. The van der Waals surface area contributed by atoms with Gasteiger partial charge in [-0.2, -0.15) is 0 Å². The predicted molar refractivity (Wildman–Crippen MR) is 67.2 cm³/mol. The third kappa shape index (κ3) is 15.3. The number of thiocarbonyl (C=S) groups is 1. The number of thioether (sulfide) groups is 1. The third-order valence-corrected chi connectivity index (χ3v) is 3.12. The quantitative estimate of drug-likeness (QED) is 0.418. The number of nitrogens with two attached hydrogens (primary N) is 1. The van der Waals surface area contributed by atoms with E-state index >= 15 is 0 Å². The second-order valence-electron chi connectivity index (χ2n) is 3.29. The van der Waals surface area contributed by atoms with Gasteiger partial charge in [0, 0.05) is 25.2 Å². The summed E-state index contributed by atoms with van der Waals surface area (Å²) >= 11 is 6.38. The molecule has 0 saturated carbocycles. The molecule has 0 unspecified atom stereocenters. The molecule has 0 aromatic heterocycles. The van der Waals surface area contributed by atoms with Crippen molar-refractivity contribution in [1.82, 2.24) is 0 Å². The Balaban J connectivity index is 0. The average molecular weight is 285 g/mol. The van der Waals surface area contributed by atoms with Crippen molar-refractivity contribution in [2.45, 2.75) is 51.9 Å². The third-order valence-electron chi connectivity index (χ3n) is 1.99. The van der Waals surface area contributed by atoms with Crippen LogP contribution in [0.4, 0.5) is 0 Å². The van der Waals surface area contributed by atoms with Crippen LogP contribution in [0.3, 0.4) is 0 Å². The first-order valence-electron chi connectivity index (χ1n) is 5.19. The van der Waals surface area contributed by atoms with E-state index in [1.54, 1.807) is 11.8 Å². The Morgan fingerprint density at radius 1 is 1.07 bits per heavy atom. The second kappa shape index (κ2) is 13.9. The first-order valence-corrected chi connectivity index (χ1v) is 6.59. The van der Waals surface area contributed by atoms with Gasteiger partial charge >= 0.3 is 0 Å². The van der Waals surface area contributed by atoms with Gasteiger partial charge in [-0.25, -0.2) is 0 Å². The largest absolute Gasteiger partial charge is 0.385 e. The zero-order valence-corrected chi connectivity index (χ0v) is 13.9. The molecule has 0 aliphatic rings. The fourth-order valence-corrected chi connectivity index (χ4v) is 2.03. The zero-order chi connectivity index (χ0) is 9.94. The Morgan fingerprint density at radius 2 is 1.57 bits per heavy atom. The van der Waals surface area contributed by atoms with Crippen LogP contribution in [0.15, 0.2) is 0 Å². The molecule has 0 heterocycles. The molecule has 0 atom stereocenters. The molecular weight excluding hydrogens is 264 g/mol. The van der Waals surface area contributed by atoms with Crippen molar-refractivity contribution in [1.29, 1.82) is 0 Å². The molecule has 0 amide bonds. The number of unbranched alkanes of at least 4 members (excludes halogenated alkanes) is 6. The summed E-state index contributed by atoms with van der Waals surface area (Å²) in [5.41, 5.74) is 5.37. The molecule has 0 saturated heterocycles. The molecule has 0 aromatic rings. The summed E-state index contributed by atoms with van der Waals surface area (Å²) in [5, 5.41) is 0. The topological polar surface area (TPSA) is 26.0 Å². The van der Waals surface area contributed by atoms with Gasteiger partial charge in [0.05, 0.1) is 0 Å². The Labute approximate surface area is 111 Å². The molecule has 0 radical (unpaired) electrons. The van der Waals surface area contributed by atoms with Gasteiger partial charge < -0.3 is 5.73 Å². The van der Waals surface area contributed by atoms with Crippen molar-refractivity contribution < 1.29 is 19.5 Å².